The molecule has 1 aliphatic rings. The molecule has 0 bridgehead atoms. The lowest BCUT2D eigenvalue weighted by Crippen LogP contribution is -2.32. The highest BCUT2D eigenvalue weighted by Crippen LogP contribution is 2.41. The smallest absolute Gasteiger partial charge is 0.290 e. The lowest BCUT2D eigenvalue weighted by atomic mass is 9.94. The van der Waals surface area contributed by atoms with Gasteiger partial charge in [0.2, 0.25) is 5.78 Å². The monoisotopic (exact) mass is 443 g/mol. The second-order valence-electron chi connectivity index (χ2n) is 7.30. The average molecular weight is 443 g/mol. The first-order valence-corrected chi connectivity index (χ1v) is 10.7. The van der Waals surface area contributed by atoms with E-state index in [-0.39, 0.29) is 11.3 Å². The van der Waals surface area contributed by atoms with Crippen molar-refractivity contribution < 1.29 is 33.3 Å². The standard InChI is InChI=1S/C24H29NO7/c1-4-12-31-17-10-9-16(15-19(17)30-5-2)21-20(22(26)18-8-6-14-32-18)23(27)24(28)25(21)11-7-13-29-3/h6,8-10,14-15,21,27H,4-5,7,11-13H2,1-3H3. The van der Waals surface area contributed by atoms with E-state index >= 15 is 0 Å². The zero-order chi connectivity index (χ0) is 23.1. The largest absolute Gasteiger partial charge is 0.503 e. The minimum atomic E-state index is -0.795. The van der Waals surface area contributed by atoms with Crippen molar-refractivity contribution in [2.75, 3.05) is 33.5 Å². The van der Waals surface area contributed by atoms with Gasteiger partial charge in [0, 0.05) is 20.3 Å². The van der Waals surface area contributed by atoms with Gasteiger partial charge in [-0.2, -0.15) is 0 Å². The highest BCUT2D eigenvalue weighted by Gasteiger charge is 2.44. The SMILES string of the molecule is CCCOc1ccc(C2C(C(=O)c3ccco3)=C(O)C(=O)N2CCCOC)cc1OCC. The molecule has 1 aromatic carbocycles. The summed E-state index contributed by atoms with van der Waals surface area (Å²) in [4.78, 5) is 27.6. The van der Waals surface area contributed by atoms with Crippen LogP contribution in [0.4, 0.5) is 0 Å². The van der Waals surface area contributed by atoms with Crippen molar-refractivity contribution in [1.29, 1.82) is 0 Å². The summed E-state index contributed by atoms with van der Waals surface area (Å²) in [5.74, 6) is -0.567. The van der Waals surface area contributed by atoms with E-state index in [1.54, 1.807) is 31.4 Å². The van der Waals surface area contributed by atoms with Gasteiger partial charge in [-0.15, -0.1) is 0 Å². The van der Waals surface area contributed by atoms with Gasteiger partial charge in [0.25, 0.3) is 5.91 Å². The summed E-state index contributed by atoms with van der Waals surface area (Å²) in [7, 11) is 1.58. The van der Waals surface area contributed by atoms with E-state index in [2.05, 4.69) is 0 Å². The Balaban J connectivity index is 2.05. The first kappa shape index (κ1) is 23.4. The number of Topliss-reactive ketones (excluding diaryl/α,β-unsaturated/α-hetero) is 1. The summed E-state index contributed by atoms with van der Waals surface area (Å²) in [6, 6.07) is 7.59. The number of hydrogen-bond acceptors (Lipinski definition) is 7. The Labute approximate surface area is 187 Å². The zero-order valence-electron chi connectivity index (χ0n) is 18.6. The van der Waals surface area contributed by atoms with Crippen molar-refractivity contribution in [1.82, 2.24) is 4.90 Å². The van der Waals surface area contributed by atoms with E-state index in [1.807, 2.05) is 13.8 Å². The van der Waals surface area contributed by atoms with E-state index in [9.17, 15) is 14.7 Å². The maximum Gasteiger partial charge on any atom is 0.290 e. The Kier molecular flexibility index (Phi) is 7.94. The Morgan fingerprint density at radius 1 is 1.16 bits per heavy atom. The number of ether oxygens (including phenoxy) is 3. The number of amides is 1. The molecule has 32 heavy (non-hydrogen) atoms. The van der Waals surface area contributed by atoms with Crippen LogP contribution in [0.2, 0.25) is 0 Å². The van der Waals surface area contributed by atoms with Crippen LogP contribution in [0.15, 0.2) is 52.3 Å². The Morgan fingerprint density at radius 3 is 2.62 bits per heavy atom. The maximum absolute atomic E-state index is 13.2. The molecule has 1 amide bonds. The molecule has 1 aromatic heterocycles. The Bertz CT molecular complexity index is 965. The highest BCUT2D eigenvalue weighted by atomic mass is 16.5. The third-order valence-corrected chi connectivity index (χ3v) is 5.09. The number of nitrogens with zero attached hydrogens (tertiary/aromatic N) is 1. The number of methoxy groups -OCH3 is 1. The van der Waals surface area contributed by atoms with Gasteiger partial charge < -0.3 is 28.6 Å². The lowest BCUT2D eigenvalue weighted by molar-refractivity contribution is -0.129. The van der Waals surface area contributed by atoms with Crippen molar-refractivity contribution in [3.05, 3.63) is 59.3 Å². The third-order valence-electron chi connectivity index (χ3n) is 5.09. The second-order valence-corrected chi connectivity index (χ2v) is 7.30. The summed E-state index contributed by atoms with van der Waals surface area (Å²) in [6.45, 7) is 5.57. The minimum Gasteiger partial charge on any atom is -0.503 e. The predicted octanol–water partition coefficient (Wildman–Crippen LogP) is 4.08. The van der Waals surface area contributed by atoms with Gasteiger partial charge in [-0.1, -0.05) is 13.0 Å². The molecule has 1 aliphatic heterocycles. The van der Waals surface area contributed by atoms with Gasteiger partial charge in [-0.3, -0.25) is 9.59 Å². The molecular formula is C24H29NO7. The summed E-state index contributed by atoms with van der Waals surface area (Å²) in [5, 5.41) is 10.7. The number of hydrogen-bond donors (Lipinski definition) is 1. The van der Waals surface area contributed by atoms with Gasteiger partial charge in [0.15, 0.2) is 23.0 Å². The van der Waals surface area contributed by atoms with Crippen molar-refractivity contribution in [2.45, 2.75) is 32.7 Å². The number of benzene rings is 1. The van der Waals surface area contributed by atoms with Crippen LogP contribution >= 0.6 is 0 Å². The van der Waals surface area contributed by atoms with Crippen molar-refractivity contribution >= 4 is 11.7 Å². The van der Waals surface area contributed by atoms with Gasteiger partial charge in [0.05, 0.1) is 31.1 Å². The molecule has 1 N–H and O–H groups in total. The molecule has 3 rings (SSSR count). The molecule has 8 heteroatoms. The first-order valence-electron chi connectivity index (χ1n) is 10.7. The van der Waals surface area contributed by atoms with Crippen molar-refractivity contribution in [3.8, 4) is 11.5 Å². The summed E-state index contributed by atoms with van der Waals surface area (Å²) in [5.41, 5.74) is 0.606. The summed E-state index contributed by atoms with van der Waals surface area (Å²) in [6.07, 6.45) is 2.76. The van der Waals surface area contributed by atoms with Crippen molar-refractivity contribution in [2.24, 2.45) is 0 Å². The van der Waals surface area contributed by atoms with Crippen LogP contribution in [-0.4, -0.2) is 55.2 Å². The summed E-state index contributed by atoms with van der Waals surface area (Å²) < 4.78 is 21.9. The normalized spacial score (nSPS) is 16.0. The molecule has 172 valence electrons. The number of aliphatic hydroxyl groups is 1. The van der Waals surface area contributed by atoms with E-state index in [1.165, 1.54) is 17.2 Å². The molecule has 1 atom stereocenters. The fourth-order valence-electron chi connectivity index (χ4n) is 3.68. The minimum absolute atomic E-state index is 0.0213. The number of carbonyl (C=O) groups is 2. The van der Waals surface area contributed by atoms with Crippen LogP contribution in [0.5, 0.6) is 11.5 Å². The average Bonchev–Trinajstić information content (AvgIpc) is 3.41. The van der Waals surface area contributed by atoms with Crippen molar-refractivity contribution in [3.63, 3.8) is 0 Å². The van der Waals surface area contributed by atoms with Gasteiger partial charge in [-0.05, 0) is 49.6 Å². The summed E-state index contributed by atoms with van der Waals surface area (Å²) >= 11 is 0. The van der Waals surface area contributed by atoms with E-state index in [0.29, 0.717) is 49.8 Å². The Morgan fingerprint density at radius 2 is 1.97 bits per heavy atom. The molecule has 0 saturated carbocycles. The third kappa shape index (κ3) is 4.80. The van der Waals surface area contributed by atoms with Crippen LogP contribution < -0.4 is 9.47 Å². The molecule has 8 nitrogen and oxygen atoms in total. The molecule has 0 aliphatic carbocycles. The number of ketones is 1. The second kappa shape index (κ2) is 10.9. The molecule has 1 unspecified atom stereocenters. The predicted molar refractivity (Wildman–Crippen MR) is 117 cm³/mol. The molecule has 0 saturated heterocycles. The zero-order valence-corrected chi connectivity index (χ0v) is 18.6. The van der Waals surface area contributed by atoms with E-state index in [4.69, 9.17) is 18.6 Å². The maximum atomic E-state index is 13.2. The molecule has 2 aromatic rings. The van der Waals surface area contributed by atoms with Gasteiger partial charge in [-0.25, -0.2) is 0 Å². The Hall–Kier alpha value is -3.26. The molecule has 0 spiro atoms. The van der Waals surface area contributed by atoms with Crippen LogP contribution in [0.25, 0.3) is 0 Å². The number of furan rings is 1. The molecule has 0 fully saturated rings. The van der Waals surface area contributed by atoms with E-state index < -0.39 is 23.5 Å². The fourth-order valence-corrected chi connectivity index (χ4v) is 3.68. The van der Waals surface area contributed by atoms with Crippen LogP contribution in [0, 0.1) is 0 Å². The number of carbonyl (C=O) groups excluding carboxylic acids is 2. The van der Waals surface area contributed by atoms with Crippen LogP contribution in [0.3, 0.4) is 0 Å². The fraction of sp³-hybridized carbons (Fsp3) is 0.417. The first-order chi connectivity index (χ1) is 15.5. The molecule has 0 radical (unpaired) electrons. The number of aliphatic hydroxyl groups excluding tert-OH is 1. The van der Waals surface area contributed by atoms with E-state index in [0.717, 1.165) is 6.42 Å². The highest BCUT2D eigenvalue weighted by molar-refractivity contribution is 6.15. The van der Waals surface area contributed by atoms with Gasteiger partial charge >= 0.3 is 0 Å². The number of rotatable bonds is 12. The van der Waals surface area contributed by atoms with Crippen LogP contribution in [-0.2, 0) is 9.53 Å². The van der Waals surface area contributed by atoms with Crippen LogP contribution in [0.1, 0.15) is 48.8 Å². The van der Waals surface area contributed by atoms with Gasteiger partial charge in [0.1, 0.15) is 0 Å². The lowest BCUT2D eigenvalue weighted by Gasteiger charge is -2.27. The molecule has 2 heterocycles. The quantitative estimate of drug-likeness (QED) is 0.390. The molecular weight excluding hydrogens is 414 g/mol. The topological polar surface area (TPSA) is 98.4 Å².